The molecule has 0 radical (unpaired) electrons. The SMILES string of the molecule is c1ccc2c(c1)B1c3cc4ccccc4cc3-c3ccccc3N1c1cccnc1-2.c1ccc2c(c1)B1c3cc4ccccc4cc3-c3ccccc3N1c1cnccc1-2.c1ccc2c(c1)B1c3cc4ccccc4cc3-c3ccccc3N1c1ncccc1-2.c1ccc2c(c1)B1c3ccccc3-c3cc4ccccc4cc3N1c1cnccc1-2.c1ccc2c(c1)B1c3ccccc3-c3cccnc3N1c1cc3ccccc3cc1-2. The third kappa shape index (κ3) is 13.1. The molecule has 0 spiro atoms. The molecule has 0 atom stereocenters. The second kappa shape index (κ2) is 34.2. The predicted octanol–water partition coefficient (Wildman–Crippen LogP) is 25.7. The van der Waals surface area contributed by atoms with Crippen LogP contribution in [0.1, 0.15) is 0 Å². The Hall–Kier alpha value is -19.2. The summed E-state index contributed by atoms with van der Waals surface area (Å²) in [6, 6.07) is 172. The zero-order chi connectivity index (χ0) is 98.3. The molecule has 10 aliphatic heterocycles. The Balaban J connectivity index is 0.0000000844. The lowest BCUT2D eigenvalue weighted by atomic mass is 9.43. The topological polar surface area (TPSA) is 80.7 Å². The summed E-state index contributed by atoms with van der Waals surface area (Å²) in [4.78, 5) is 35.9. The number of pyridine rings is 5. The van der Waals surface area contributed by atoms with Crippen LogP contribution in [-0.4, -0.2) is 59.2 Å². The van der Waals surface area contributed by atoms with Crippen LogP contribution in [0.25, 0.3) is 165 Å². The highest BCUT2D eigenvalue weighted by atomic mass is 15.2. The molecule has 0 saturated carbocycles. The van der Waals surface area contributed by atoms with E-state index in [0.29, 0.717) is 0 Å². The Kier molecular flexibility index (Phi) is 19.4. The maximum absolute atomic E-state index is 4.88. The van der Waals surface area contributed by atoms with Crippen molar-refractivity contribution in [1.29, 1.82) is 0 Å². The maximum atomic E-state index is 4.88. The van der Waals surface area contributed by atoms with E-state index in [-0.39, 0.29) is 34.2 Å². The zero-order valence-corrected chi connectivity index (χ0v) is 81.4. The molecule has 35 rings (SSSR count). The van der Waals surface area contributed by atoms with Crippen LogP contribution in [0.4, 0.5) is 57.1 Å². The van der Waals surface area contributed by atoms with E-state index in [2.05, 4.69) is 489 Å². The number of nitrogens with zero attached hydrogens (tertiary/aromatic N) is 10. The molecule has 150 heavy (non-hydrogen) atoms. The number of anilines is 10. The first kappa shape index (κ1) is 85.2. The second-order valence-corrected chi connectivity index (χ2v) is 40.2. The molecule has 15 heteroatoms. The molecule has 690 valence electrons. The van der Waals surface area contributed by atoms with Gasteiger partial charge in [-0.05, 0) is 273 Å². The molecule has 10 nitrogen and oxygen atoms in total. The lowest BCUT2D eigenvalue weighted by Crippen LogP contribution is -2.59. The van der Waals surface area contributed by atoms with Crippen molar-refractivity contribution in [2.24, 2.45) is 0 Å². The number of fused-ring (bicyclic) bond motifs is 60. The van der Waals surface area contributed by atoms with E-state index < -0.39 is 0 Å². The monoisotopic (exact) mass is 1900 g/mol. The second-order valence-electron chi connectivity index (χ2n) is 40.2. The molecule has 0 saturated heterocycles. The van der Waals surface area contributed by atoms with Gasteiger partial charge in [0.2, 0.25) is 0 Å². The number of hydrogen-bond acceptors (Lipinski definition) is 10. The molecular formula is C135H85B5N10. The van der Waals surface area contributed by atoms with Gasteiger partial charge in [-0.1, -0.05) is 364 Å². The molecule has 20 aromatic carbocycles. The first-order chi connectivity index (χ1) is 74.5. The highest BCUT2D eigenvalue weighted by molar-refractivity contribution is 6.96. The summed E-state index contributed by atoms with van der Waals surface area (Å²) in [6.45, 7) is 0.633. The highest BCUT2D eigenvalue weighted by Crippen LogP contribution is 2.54. The molecule has 5 aromatic heterocycles. The van der Waals surface area contributed by atoms with Crippen molar-refractivity contribution < 1.29 is 0 Å². The number of para-hydroxylation sites is 3. The summed E-state index contributed by atoms with van der Waals surface area (Å²) < 4.78 is 0. The van der Waals surface area contributed by atoms with Crippen LogP contribution in [0, 0.1) is 0 Å². The molecule has 0 N–H and O–H groups in total. The summed E-state index contributed by atoms with van der Waals surface area (Å²) in [6.07, 6.45) is 13.5. The Bertz CT molecular complexity index is 8680. The molecule has 0 unspecified atom stereocenters. The fourth-order valence-corrected chi connectivity index (χ4v) is 26.2. The highest BCUT2D eigenvalue weighted by Gasteiger charge is 2.50. The van der Waals surface area contributed by atoms with Gasteiger partial charge in [0, 0.05) is 122 Å². The van der Waals surface area contributed by atoms with Crippen molar-refractivity contribution in [3.05, 3.63) is 517 Å². The van der Waals surface area contributed by atoms with Gasteiger partial charge in [-0.15, -0.1) is 0 Å². The molecule has 10 aliphatic rings. The zero-order valence-electron chi connectivity index (χ0n) is 81.4. The van der Waals surface area contributed by atoms with Gasteiger partial charge in [0.25, 0.3) is 0 Å². The summed E-state index contributed by atoms with van der Waals surface area (Å²) in [5, 5.41) is 12.7. The van der Waals surface area contributed by atoms with Crippen LogP contribution in [0.5, 0.6) is 0 Å². The Morgan fingerprint density at radius 3 is 0.747 bits per heavy atom. The normalized spacial score (nSPS) is 13.2. The van der Waals surface area contributed by atoms with Crippen LogP contribution < -0.4 is 78.7 Å². The largest absolute Gasteiger partial charge is 0.375 e. The summed E-state index contributed by atoms with van der Waals surface area (Å²) >= 11 is 0. The maximum Gasteiger partial charge on any atom is 0.330 e. The Morgan fingerprint density at radius 2 is 0.360 bits per heavy atom. The fourth-order valence-electron chi connectivity index (χ4n) is 26.2. The van der Waals surface area contributed by atoms with Gasteiger partial charge in [0.1, 0.15) is 11.6 Å². The van der Waals surface area contributed by atoms with Crippen molar-refractivity contribution in [3.8, 4) is 111 Å². The fraction of sp³-hybridized carbons (Fsp3) is 0. The van der Waals surface area contributed by atoms with Gasteiger partial charge < -0.3 is 24.1 Å². The number of aromatic nitrogens is 5. The van der Waals surface area contributed by atoms with Crippen molar-refractivity contribution in [3.63, 3.8) is 0 Å². The van der Waals surface area contributed by atoms with Gasteiger partial charge >= 0.3 is 34.2 Å². The van der Waals surface area contributed by atoms with Crippen molar-refractivity contribution in [2.75, 3.05) is 24.1 Å². The molecule has 15 heterocycles. The van der Waals surface area contributed by atoms with Gasteiger partial charge in [-0.3, -0.25) is 15.0 Å². The molecule has 0 aliphatic carbocycles. The Morgan fingerprint density at radius 1 is 0.133 bits per heavy atom. The molecule has 0 fully saturated rings. The van der Waals surface area contributed by atoms with Crippen LogP contribution in [0.3, 0.4) is 0 Å². The van der Waals surface area contributed by atoms with E-state index >= 15 is 0 Å². The number of rotatable bonds is 0. The molecule has 0 amide bonds. The van der Waals surface area contributed by atoms with Gasteiger partial charge in [-0.2, -0.15) is 0 Å². The minimum absolute atomic E-state index is 0.109. The van der Waals surface area contributed by atoms with Gasteiger partial charge in [0.15, 0.2) is 0 Å². The molecule has 0 bridgehead atoms. The smallest absolute Gasteiger partial charge is 0.330 e. The van der Waals surface area contributed by atoms with E-state index in [9.17, 15) is 0 Å². The minimum atomic E-state index is 0.109. The number of benzene rings is 20. The van der Waals surface area contributed by atoms with E-state index in [1.807, 2.05) is 61.6 Å². The van der Waals surface area contributed by atoms with Crippen molar-refractivity contribution in [2.45, 2.75) is 0 Å². The van der Waals surface area contributed by atoms with Crippen LogP contribution >= 0.6 is 0 Å². The Labute approximate surface area is 870 Å². The average Bonchev–Trinajstić information content (AvgIpc) is 0.721. The van der Waals surface area contributed by atoms with E-state index in [1.54, 1.807) is 0 Å². The summed E-state index contributed by atoms with van der Waals surface area (Å²) in [5.41, 5.74) is 48.5. The third-order valence-corrected chi connectivity index (χ3v) is 32.5. The van der Waals surface area contributed by atoms with E-state index in [4.69, 9.17) is 15.0 Å². The first-order valence-electron chi connectivity index (χ1n) is 51.8. The van der Waals surface area contributed by atoms with Gasteiger partial charge in [0.05, 0.1) is 22.8 Å². The van der Waals surface area contributed by atoms with Crippen LogP contribution in [0.15, 0.2) is 517 Å². The van der Waals surface area contributed by atoms with Gasteiger partial charge in [-0.25, -0.2) is 9.97 Å². The standard InChI is InChI=1S/5C27H17BN2/c1-2-9-19-17-24-22(16-18(19)8-1)20-10-4-6-13-25(20)30-26-14-7-15-29-27(26)21-11-3-5-12-23(21)28(24)30;1-2-9-19-17-25-23(16-18(19)8-1)21-11-4-6-14-26(21)30-27-22(12-7-15-29-27)20-10-3-5-13-24(20)28(25)30;1-2-9-19-17-26-23(16-18(19)8-1)21-11-4-6-14-25(21)28-24-13-5-3-10-20(24)22-12-7-15-29-27(22)30(26)28;1-2-8-19-16-25-23(15-18(19)7-1)21-10-4-6-12-26(21)30-27-17-29-14-13-22(27)20-9-3-5-11-24(20)28(25)30;1-2-8-19-16-26-23(15-18(19)7-1)21-10-4-6-12-25(21)28-24-11-5-3-9-20(24)22-13-14-29-17-27(22)30(26)28/h5*1-17H. The first-order valence-corrected chi connectivity index (χ1v) is 51.8. The van der Waals surface area contributed by atoms with Crippen LogP contribution in [0.2, 0.25) is 0 Å². The number of hydrogen-bond donors (Lipinski definition) is 0. The predicted molar refractivity (Wildman–Crippen MR) is 631 cm³/mol. The van der Waals surface area contributed by atoms with Crippen LogP contribution in [-0.2, 0) is 0 Å². The summed E-state index contributed by atoms with van der Waals surface area (Å²) in [5.74, 6) is 2.07. The summed E-state index contributed by atoms with van der Waals surface area (Å²) in [7, 11) is 0. The molecule has 25 aromatic rings. The van der Waals surface area contributed by atoms with E-state index in [0.717, 1.165) is 17.3 Å². The lowest BCUT2D eigenvalue weighted by molar-refractivity contribution is 1.22. The van der Waals surface area contributed by atoms with E-state index in [1.165, 1.54) is 260 Å². The quantitative estimate of drug-likeness (QED) is 0.137. The van der Waals surface area contributed by atoms with Crippen molar-refractivity contribution in [1.82, 2.24) is 24.9 Å². The minimum Gasteiger partial charge on any atom is -0.375 e. The average molecular weight is 1900 g/mol. The molecular weight excluding hydrogens is 1820 g/mol. The lowest BCUT2D eigenvalue weighted by Gasteiger charge is -2.43. The van der Waals surface area contributed by atoms with Crippen molar-refractivity contribution >= 4 is 200 Å². The third-order valence-electron chi connectivity index (χ3n) is 32.5.